The topological polar surface area (TPSA) is 103 Å². The van der Waals surface area contributed by atoms with E-state index in [-0.39, 0.29) is 12.3 Å². The molecule has 0 saturated heterocycles. The highest BCUT2D eigenvalue weighted by atomic mass is 19.1. The molecule has 0 aliphatic rings. The fraction of sp³-hybridized carbons (Fsp3) is 0.0435. The Morgan fingerprint density at radius 2 is 1.68 bits per heavy atom. The maximum absolute atomic E-state index is 14.3. The Bertz CT molecular complexity index is 1400. The Kier molecular flexibility index (Phi) is 4.61. The first-order chi connectivity index (χ1) is 15.2. The molecule has 0 aliphatic carbocycles. The van der Waals surface area contributed by atoms with Crippen LogP contribution in [0.3, 0.4) is 0 Å². The van der Waals surface area contributed by atoms with Gasteiger partial charge in [0, 0.05) is 18.1 Å². The molecule has 5 aromatic rings. The van der Waals surface area contributed by atoms with Crippen LogP contribution in [0.5, 0.6) is 0 Å². The summed E-state index contributed by atoms with van der Waals surface area (Å²) < 4.78 is 16.2. The van der Waals surface area contributed by atoms with Crippen molar-refractivity contribution < 1.29 is 9.50 Å². The minimum absolute atomic E-state index is 0.0608. The van der Waals surface area contributed by atoms with E-state index in [4.69, 9.17) is 10.7 Å². The first kappa shape index (κ1) is 18.8. The van der Waals surface area contributed by atoms with Crippen molar-refractivity contribution in [2.24, 2.45) is 0 Å². The van der Waals surface area contributed by atoms with Crippen LogP contribution in [-0.4, -0.2) is 29.6 Å². The number of benzene rings is 1. The predicted molar refractivity (Wildman–Crippen MR) is 116 cm³/mol. The lowest BCUT2D eigenvalue weighted by Gasteiger charge is -2.11. The number of aromatic nitrogens is 5. The van der Waals surface area contributed by atoms with Crippen LogP contribution < -0.4 is 5.73 Å². The van der Waals surface area contributed by atoms with Crippen molar-refractivity contribution in [3.05, 3.63) is 84.4 Å². The summed E-state index contributed by atoms with van der Waals surface area (Å²) in [6, 6.07) is 17.3. The van der Waals surface area contributed by atoms with Crippen molar-refractivity contribution in [3.8, 4) is 28.5 Å². The normalized spacial score (nSPS) is 11.2. The number of pyridine rings is 3. The molecule has 0 amide bonds. The molecule has 1 aromatic carbocycles. The van der Waals surface area contributed by atoms with Gasteiger partial charge in [-0.1, -0.05) is 12.1 Å². The standard InChI is InChI=1S/C23H17FN6O/c24-17-4-2-11-26-20(17)18-9-10-19-23(28-18)30(15-7-5-14(13-31)6-8-15)22(29-19)16-3-1-12-27-21(16)25/h1-12,31H,13H2,(H2,25,27). The van der Waals surface area contributed by atoms with E-state index in [0.29, 0.717) is 34.1 Å². The van der Waals surface area contributed by atoms with E-state index in [0.717, 1.165) is 11.3 Å². The molecular formula is C23H17FN6O. The van der Waals surface area contributed by atoms with Crippen molar-refractivity contribution in [1.82, 2.24) is 24.5 Å². The number of nitrogens with two attached hydrogens (primary N) is 1. The molecule has 3 N–H and O–H groups in total. The lowest BCUT2D eigenvalue weighted by Crippen LogP contribution is -2.02. The van der Waals surface area contributed by atoms with Gasteiger partial charge in [0.25, 0.3) is 0 Å². The van der Waals surface area contributed by atoms with Gasteiger partial charge in [0.1, 0.15) is 17.0 Å². The SMILES string of the molecule is Nc1ncccc1-c1nc2ccc(-c3ncccc3F)nc2n1-c1ccc(CO)cc1. The van der Waals surface area contributed by atoms with Crippen LogP contribution in [-0.2, 0) is 6.61 Å². The summed E-state index contributed by atoms with van der Waals surface area (Å²) in [5.41, 5.74) is 10.0. The number of aliphatic hydroxyl groups excluding tert-OH is 1. The van der Waals surface area contributed by atoms with Crippen LogP contribution in [0.2, 0.25) is 0 Å². The number of fused-ring (bicyclic) bond motifs is 1. The van der Waals surface area contributed by atoms with Gasteiger partial charge in [0.2, 0.25) is 0 Å². The average Bonchev–Trinajstić information content (AvgIpc) is 3.18. The summed E-state index contributed by atoms with van der Waals surface area (Å²) in [4.78, 5) is 17.7. The number of halogens is 1. The number of nitrogens with zero attached hydrogens (tertiary/aromatic N) is 5. The van der Waals surface area contributed by atoms with Crippen LogP contribution in [0.25, 0.3) is 39.6 Å². The highest BCUT2D eigenvalue weighted by molar-refractivity contribution is 5.84. The van der Waals surface area contributed by atoms with E-state index in [1.54, 1.807) is 24.4 Å². The molecule has 4 heterocycles. The second-order valence-corrected chi connectivity index (χ2v) is 6.90. The summed E-state index contributed by atoms with van der Waals surface area (Å²) in [7, 11) is 0. The molecule has 0 radical (unpaired) electrons. The minimum Gasteiger partial charge on any atom is -0.392 e. The van der Waals surface area contributed by atoms with E-state index >= 15 is 0 Å². The zero-order chi connectivity index (χ0) is 21.4. The molecule has 8 heteroatoms. The zero-order valence-corrected chi connectivity index (χ0v) is 16.3. The molecule has 0 bridgehead atoms. The largest absolute Gasteiger partial charge is 0.392 e. The van der Waals surface area contributed by atoms with Gasteiger partial charge in [-0.25, -0.2) is 19.3 Å². The van der Waals surface area contributed by atoms with Gasteiger partial charge < -0.3 is 10.8 Å². The van der Waals surface area contributed by atoms with Crippen LogP contribution in [0.4, 0.5) is 10.2 Å². The maximum Gasteiger partial charge on any atom is 0.165 e. The fourth-order valence-corrected chi connectivity index (χ4v) is 3.45. The molecule has 0 aliphatic heterocycles. The molecular weight excluding hydrogens is 395 g/mol. The molecule has 4 aromatic heterocycles. The van der Waals surface area contributed by atoms with Crippen LogP contribution in [0.1, 0.15) is 5.56 Å². The van der Waals surface area contributed by atoms with E-state index in [1.165, 1.54) is 18.3 Å². The molecule has 0 unspecified atom stereocenters. The van der Waals surface area contributed by atoms with Gasteiger partial charge >= 0.3 is 0 Å². The van der Waals surface area contributed by atoms with Crippen LogP contribution in [0.15, 0.2) is 73.1 Å². The zero-order valence-electron chi connectivity index (χ0n) is 16.3. The Hall–Kier alpha value is -4.17. The van der Waals surface area contributed by atoms with E-state index in [1.807, 2.05) is 34.9 Å². The molecule has 0 atom stereocenters. The number of hydrogen-bond donors (Lipinski definition) is 2. The molecule has 0 fully saturated rings. The molecule has 152 valence electrons. The van der Waals surface area contributed by atoms with Gasteiger partial charge in [-0.2, -0.15) is 0 Å². The summed E-state index contributed by atoms with van der Waals surface area (Å²) in [6.07, 6.45) is 3.14. The monoisotopic (exact) mass is 412 g/mol. The predicted octanol–water partition coefficient (Wildman–Crippen LogP) is 3.76. The van der Waals surface area contributed by atoms with Crippen LogP contribution >= 0.6 is 0 Å². The van der Waals surface area contributed by atoms with E-state index in [2.05, 4.69) is 15.0 Å². The second-order valence-electron chi connectivity index (χ2n) is 6.90. The second kappa shape index (κ2) is 7.58. The Labute approximate surface area is 176 Å². The van der Waals surface area contributed by atoms with Gasteiger partial charge in [-0.15, -0.1) is 0 Å². The highest BCUT2D eigenvalue weighted by Gasteiger charge is 2.19. The first-order valence-corrected chi connectivity index (χ1v) is 9.57. The number of nitrogen functional groups attached to an aromatic ring is 1. The van der Waals surface area contributed by atoms with Crippen molar-refractivity contribution in [3.63, 3.8) is 0 Å². The molecule has 31 heavy (non-hydrogen) atoms. The van der Waals surface area contributed by atoms with Crippen LogP contribution in [0, 0.1) is 5.82 Å². The van der Waals surface area contributed by atoms with E-state index in [9.17, 15) is 9.50 Å². The Morgan fingerprint density at radius 3 is 2.42 bits per heavy atom. The van der Waals surface area contributed by atoms with Gasteiger partial charge in [-0.05, 0) is 54.1 Å². The highest BCUT2D eigenvalue weighted by Crippen LogP contribution is 2.31. The third kappa shape index (κ3) is 3.28. The third-order valence-electron chi connectivity index (χ3n) is 4.96. The van der Waals surface area contributed by atoms with Crippen molar-refractivity contribution >= 4 is 17.0 Å². The van der Waals surface area contributed by atoms with Crippen molar-refractivity contribution in [1.29, 1.82) is 0 Å². The van der Waals surface area contributed by atoms with Crippen molar-refractivity contribution in [2.75, 3.05) is 5.73 Å². The number of aliphatic hydroxyl groups is 1. The summed E-state index contributed by atoms with van der Waals surface area (Å²) in [5, 5.41) is 9.39. The molecule has 0 spiro atoms. The number of hydrogen-bond acceptors (Lipinski definition) is 6. The summed E-state index contributed by atoms with van der Waals surface area (Å²) in [5.74, 6) is 0.440. The summed E-state index contributed by atoms with van der Waals surface area (Å²) >= 11 is 0. The fourth-order valence-electron chi connectivity index (χ4n) is 3.45. The van der Waals surface area contributed by atoms with E-state index < -0.39 is 5.82 Å². The van der Waals surface area contributed by atoms with Gasteiger partial charge in [0.15, 0.2) is 17.3 Å². The van der Waals surface area contributed by atoms with Gasteiger partial charge in [-0.3, -0.25) is 9.55 Å². The minimum atomic E-state index is -0.454. The lowest BCUT2D eigenvalue weighted by atomic mass is 10.2. The lowest BCUT2D eigenvalue weighted by molar-refractivity contribution is 0.282. The number of rotatable bonds is 4. The number of anilines is 1. The first-order valence-electron chi connectivity index (χ1n) is 9.57. The smallest absolute Gasteiger partial charge is 0.165 e. The third-order valence-corrected chi connectivity index (χ3v) is 4.96. The molecule has 0 saturated carbocycles. The van der Waals surface area contributed by atoms with Gasteiger partial charge in [0.05, 0.1) is 17.9 Å². The summed E-state index contributed by atoms with van der Waals surface area (Å²) in [6.45, 7) is -0.0608. The average molecular weight is 412 g/mol. The molecule has 5 rings (SSSR count). The Morgan fingerprint density at radius 1 is 0.903 bits per heavy atom. The maximum atomic E-state index is 14.3. The quantitative estimate of drug-likeness (QED) is 0.466. The van der Waals surface area contributed by atoms with Crippen molar-refractivity contribution in [2.45, 2.75) is 6.61 Å². The molecule has 7 nitrogen and oxygen atoms in total. The Balaban J connectivity index is 1.80. The number of imidazole rings is 1.